The van der Waals surface area contributed by atoms with Gasteiger partial charge in [0, 0.05) is 5.25 Å². The molecule has 0 radical (unpaired) electrons. The molecule has 0 saturated heterocycles. The second-order valence-electron chi connectivity index (χ2n) is 3.67. The lowest BCUT2D eigenvalue weighted by Crippen LogP contribution is -2.07. The van der Waals surface area contributed by atoms with E-state index in [9.17, 15) is 0 Å². The molecule has 0 fully saturated rings. The first-order chi connectivity index (χ1) is 8.10. The molecule has 1 aliphatic rings. The molecule has 1 unspecified atom stereocenters. The van der Waals surface area contributed by atoms with Crippen LogP contribution in [-0.4, -0.2) is 17.0 Å². The van der Waals surface area contributed by atoms with Gasteiger partial charge in [-0.1, -0.05) is 53.5 Å². The first-order valence-corrected chi connectivity index (χ1v) is 7.24. The Morgan fingerprint density at radius 2 is 2.00 bits per heavy atom. The molecule has 1 heterocycles. The van der Waals surface area contributed by atoms with Crippen LogP contribution in [0.15, 0.2) is 17.1 Å². The third kappa shape index (κ3) is 3.22. The number of nitrogens with zero attached hydrogens (tertiary/aromatic N) is 1. The maximum atomic E-state index is 6.08. The van der Waals surface area contributed by atoms with Crippen molar-refractivity contribution in [3.8, 4) is 0 Å². The van der Waals surface area contributed by atoms with E-state index < -0.39 is 0 Å². The molecule has 1 aromatic rings. The van der Waals surface area contributed by atoms with Crippen LogP contribution in [0.25, 0.3) is 0 Å². The summed E-state index contributed by atoms with van der Waals surface area (Å²) in [7, 11) is 0. The van der Waals surface area contributed by atoms with E-state index in [-0.39, 0.29) is 0 Å². The zero-order valence-electron chi connectivity index (χ0n) is 9.14. The van der Waals surface area contributed by atoms with Gasteiger partial charge in [0.25, 0.3) is 0 Å². The molecule has 1 N–H and O–H groups in total. The Labute approximate surface area is 120 Å². The van der Waals surface area contributed by atoms with E-state index in [0.29, 0.717) is 20.3 Å². The summed E-state index contributed by atoms with van der Waals surface area (Å²) in [5.74, 6) is 0. The Balaban J connectivity index is 2.12. The summed E-state index contributed by atoms with van der Waals surface area (Å²) in [5, 5.41) is 6.10. The smallest absolute Gasteiger partial charge is 0.161 e. The number of halogens is 3. The Morgan fingerprint density at radius 1 is 1.29 bits per heavy atom. The zero-order chi connectivity index (χ0) is 12.4. The molecule has 2 rings (SSSR count). The molecular weight excluding hydrogens is 299 g/mol. The summed E-state index contributed by atoms with van der Waals surface area (Å²) < 4.78 is 0. The Hall–Kier alpha value is -0.0900. The van der Waals surface area contributed by atoms with Crippen LogP contribution in [0, 0.1) is 0 Å². The largest absolute Gasteiger partial charge is 0.334 e. The molecule has 0 aromatic heterocycles. The first-order valence-electron chi connectivity index (χ1n) is 5.22. The molecule has 92 valence electrons. The van der Waals surface area contributed by atoms with E-state index in [1.165, 1.54) is 0 Å². The van der Waals surface area contributed by atoms with Crippen molar-refractivity contribution in [3.05, 3.63) is 27.2 Å². The molecule has 6 heteroatoms. The highest BCUT2D eigenvalue weighted by Crippen LogP contribution is 2.34. The summed E-state index contributed by atoms with van der Waals surface area (Å²) in [6.07, 6.45) is 1.11. The highest BCUT2D eigenvalue weighted by molar-refractivity contribution is 8.15. The lowest BCUT2D eigenvalue weighted by Gasteiger charge is -2.09. The maximum absolute atomic E-state index is 6.08. The quantitative estimate of drug-likeness (QED) is 0.782. The van der Waals surface area contributed by atoms with Crippen LogP contribution in [0.1, 0.15) is 13.3 Å². The van der Waals surface area contributed by atoms with Crippen LogP contribution in [0.3, 0.4) is 0 Å². The average molecular weight is 310 g/mol. The van der Waals surface area contributed by atoms with Gasteiger partial charge in [0.2, 0.25) is 0 Å². The van der Waals surface area contributed by atoms with Crippen molar-refractivity contribution in [3.63, 3.8) is 0 Å². The van der Waals surface area contributed by atoms with Crippen molar-refractivity contribution >= 4 is 57.4 Å². The van der Waals surface area contributed by atoms with Crippen LogP contribution >= 0.6 is 46.6 Å². The summed E-state index contributed by atoms with van der Waals surface area (Å²) in [5.41, 5.74) is 0.740. The van der Waals surface area contributed by atoms with Crippen molar-refractivity contribution in [2.24, 2.45) is 4.99 Å². The van der Waals surface area contributed by atoms with Crippen molar-refractivity contribution < 1.29 is 0 Å². The normalized spacial score (nSPS) is 19.3. The van der Waals surface area contributed by atoms with E-state index in [0.717, 1.165) is 23.8 Å². The zero-order valence-corrected chi connectivity index (χ0v) is 12.2. The summed E-state index contributed by atoms with van der Waals surface area (Å²) in [4.78, 5) is 4.41. The Morgan fingerprint density at radius 3 is 2.65 bits per heavy atom. The molecule has 0 amide bonds. The molecular formula is C11H11Cl3N2S. The van der Waals surface area contributed by atoms with Gasteiger partial charge in [-0.15, -0.1) is 0 Å². The van der Waals surface area contributed by atoms with Crippen LogP contribution in [-0.2, 0) is 0 Å². The van der Waals surface area contributed by atoms with Gasteiger partial charge in [-0.05, 0) is 18.6 Å². The molecule has 1 aliphatic heterocycles. The van der Waals surface area contributed by atoms with Crippen LogP contribution in [0.2, 0.25) is 15.1 Å². The fourth-order valence-electron chi connectivity index (χ4n) is 1.43. The van der Waals surface area contributed by atoms with E-state index >= 15 is 0 Å². The first kappa shape index (κ1) is 13.3. The monoisotopic (exact) mass is 308 g/mol. The third-order valence-corrected chi connectivity index (χ3v) is 4.73. The minimum absolute atomic E-state index is 0.453. The summed E-state index contributed by atoms with van der Waals surface area (Å²) in [6, 6.07) is 3.35. The lowest BCUT2D eigenvalue weighted by molar-refractivity contribution is 0.843. The molecule has 0 saturated carbocycles. The molecule has 2 nitrogen and oxygen atoms in total. The van der Waals surface area contributed by atoms with E-state index in [1.807, 2.05) is 0 Å². The van der Waals surface area contributed by atoms with Crippen LogP contribution in [0.5, 0.6) is 0 Å². The van der Waals surface area contributed by atoms with Gasteiger partial charge >= 0.3 is 0 Å². The molecule has 0 aliphatic carbocycles. The molecule has 0 spiro atoms. The fraction of sp³-hybridized carbons (Fsp3) is 0.364. The number of benzene rings is 1. The van der Waals surface area contributed by atoms with Gasteiger partial charge in [-0.2, -0.15) is 0 Å². The molecule has 0 bridgehead atoms. The topological polar surface area (TPSA) is 24.4 Å². The standard InChI is InChI=1S/C11H11Cl3N2S/c1-2-6-5-15-11(17-6)16-10-4-8(13)7(12)3-9(10)14/h3-4,6H,2,5H2,1H3,(H,15,16). The second-order valence-corrected chi connectivity index (χ2v) is 6.18. The molecule has 1 aromatic carbocycles. The van der Waals surface area contributed by atoms with E-state index in [4.69, 9.17) is 34.8 Å². The SMILES string of the molecule is CCC1CN=C(Nc2cc(Cl)c(Cl)cc2Cl)S1. The second kappa shape index (κ2) is 5.70. The van der Waals surface area contributed by atoms with Gasteiger partial charge < -0.3 is 5.32 Å². The summed E-state index contributed by atoms with van der Waals surface area (Å²) in [6.45, 7) is 3.00. The highest BCUT2D eigenvalue weighted by atomic mass is 35.5. The minimum atomic E-state index is 0.453. The number of nitrogens with one attached hydrogen (secondary N) is 1. The summed E-state index contributed by atoms with van der Waals surface area (Å²) >= 11 is 19.6. The average Bonchev–Trinajstić information content (AvgIpc) is 2.73. The van der Waals surface area contributed by atoms with Gasteiger partial charge in [-0.25, -0.2) is 0 Å². The number of thioether (sulfide) groups is 1. The van der Waals surface area contributed by atoms with Gasteiger partial charge in [0.15, 0.2) is 5.17 Å². The number of hydrogen-bond donors (Lipinski definition) is 1. The number of anilines is 1. The van der Waals surface area contributed by atoms with Crippen molar-refractivity contribution in [2.75, 3.05) is 11.9 Å². The Bertz CT molecular complexity index is 462. The number of aliphatic imine (C=N–C) groups is 1. The minimum Gasteiger partial charge on any atom is -0.334 e. The lowest BCUT2D eigenvalue weighted by atomic mass is 10.3. The predicted molar refractivity (Wildman–Crippen MR) is 79.1 cm³/mol. The predicted octanol–water partition coefficient (Wildman–Crippen LogP) is 4.94. The van der Waals surface area contributed by atoms with Crippen molar-refractivity contribution in [1.29, 1.82) is 0 Å². The fourth-order valence-corrected chi connectivity index (χ4v) is 2.98. The maximum Gasteiger partial charge on any atom is 0.161 e. The van der Waals surface area contributed by atoms with Crippen LogP contribution < -0.4 is 5.32 Å². The number of amidine groups is 1. The molecule has 1 atom stereocenters. The van der Waals surface area contributed by atoms with E-state index in [1.54, 1.807) is 23.9 Å². The van der Waals surface area contributed by atoms with Crippen molar-refractivity contribution in [1.82, 2.24) is 0 Å². The van der Waals surface area contributed by atoms with E-state index in [2.05, 4.69) is 17.2 Å². The number of rotatable bonds is 2. The highest BCUT2D eigenvalue weighted by Gasteiger charge is 2.18. The van der Waals surface area contributed by atoms with Gasteiger partial charge in [-0.3, -0.25) is 4.99 Å². The number of hydrogen-bond acceptors (Lipinski definition) is 3. The Kier molecular flexibility index (Phi) is 4.47. The molecule has 17 heavy (non-hydrogen) atoms. The van der Waals surface area contributed by atoms with Gasteiger partial charge in [0.1, 0.15) is 0 Å². The van der Waals surface area contributed by atoms with Gasteiger partial charge in [0.05, 0.1) is 27.3 Å². The van der Waals surface area contributed by atoms with Crippen molar-refractivity contribution in [2.45, 2.75) is 18.6 Å². The van der Waals surface area contributed by atoms with Crippen LogP contribution in [0.4, 0.5) is 5.69 Å². The third-order valence-electron chi connectivity index (χ3n) is 2.42.